The third-order valence-corrected chi connectivity index (χ3v) is 3.01. The largest absolute Gasteiger partial charge is 0.490 e. The molecule has 0 spiro atoms. The minimum Gasteiger partial charge on any atom is -0.490 e. The summed E-state index contributed by atoms with van der Waals surface area (Å²) in [7, 11) is 0. The van der Waals surface area contributed by atoms with Gasteiger partial charge >= 0.3 is 0 Å². The normalized spacial score (nSPS) is 14.3. The van der Waals surface area contributed by atoms with E-state index in [-0.39, 0.29) is 0 Å². The lowest BCUT2D eigenvalue weighted by molar-refractivity contribution is -0.120. The minimum absolute atomic E-state index is 0.362. The Morgan fingerprint density at radius 1 is 1.22 bits per heavy atom. The van der Waals surface area contributed by atoms with Gasteiger partial charge < -0.3 is 9.47 Å². The van der Waals surface area contributed by atoms with Crippen molar-refractivity contribution >= 4 is 5.78 Å². The molecule has 0 amide bonds. The van der Waals surface area contributed by atoms with Crippen LogP contribution < -0.4 is 9.47 Å². The molecule has 0 radical (unpaired) electrons. The van der Waals surface area contributed by atoms with Gasteiger partial charge in [-0.3, -0.25) is 4.79 Å². The van der Waals surface area contributed by atoms with Gasteiger partial charge in [-0.1, -0.05) is 12.1 Å². The zero-order valence-electron chi connectivity index (χ0n) is 10.9. The quantitative estimate of drug-likeness (QED) is 0.663. The zero-order valence-corrected chi connectivity index (χ0v) is 10.9. The molecule has 18 heavy (non-hydrogen) atoms. The van der Waals surface area contributed by atoms with Gasteiger partial charge in [0.25, 0.3) is 0 Å². The third-order valence-electron chi connectivity index (χ3n) is 3.01. The molecule has 1 aliphatic carbocycles. The average Bonchev–Trinajstić information content (AvgIpc) is 3.21. The standard InChI is InChI=1S/C15H20O3/c1-2-17-14-7-3-4-8-15(14)18-11-5-6-13(16)12-9-10-12/h3-4,7-8,12H,2,5-6,9-11H2,1H3. The maximum atomic E-state index is 11.5. The van der Waals surface area contributed by atoms with E-state index >= 15 is 0 Å². The lowest BCUT2D eigenvalue weighted by Crippen LogP contribution is -2.05. The molecule has 1 aromatic rings. The second kappa shape index (κ2) is 6.43. The molecule has 0 unspecified atom stereocenters. The molecule has 0 N–H and O–H groups in total. The van der Waals surface area contributed by atoms with Gasteiger partial charge in [0.1, 0.15) is 5.78 Å². The van der Waals surface area contributed by atoms with Gasteiger partial charge in [-0.25, -0.2) is 0 Å². The number of ether oxygens (including phenoxy) is 2. The smallest absolute Gasteiger partial charge is 0.161 e. The molecule has 0 aromatic heterocycles. The fourth-order valence-electron chi connectivity index (χ4n) is 1.88. The monoisotopic (exact) mass is 248 g/mol. The summed E-state index contributed by atoms with van der Waals surface area (Å²) in [6, 6.07) is 7.64. The molecule has 0 bridgehead atoms. The van der Waals surface area contributed by atoms with Gasteiger partial charge in [0.15, 0.2) is 11.5 Å². The predicted molar refractivity (Wildman–Crippen MR) is 70.1 cm³/mol. The molecule has 98 valence electrons. The predicted octanol–water partition coefficient (Wildman–Crippen LogP) is 3.22. The first-order valence-corrected chi connectivity index (χ1v) is 6.68. The van der Waals surface area contributed by atoms with E-state index in [0.717, 1.165) is 30.8 Å². The summed E-state index contributed by atoms with van der Waals surface area (Å²) in [5.41, 5.74) is 0. The van der Waals surface area contributed by atoms with E-state index in [0.29, 0.717) is 31.3 Å². The van der Waals surface area contributed by atoms with Crippen LogP contribution in [-0.2, 0) is 4.79 Å². The van der Waals surface area contributed by atoms with Crippen molar-refractivity contribution < 1.29 is 14.3 Å². The second-order valence-corrected chi connectivity index (χ2v) is 4.57. The van der Waals surface area contributed by atoms with Crippen molar-refractivity contribution in [2.75, 3.05) is 13.2 Å². The first kappa shape index (κ1) is 12.9. The number of Topliss-reactive ketones (excluding diaryl/α,β-unsaturated/α-hetero) is 1. The van der Waals surface area contributed by atoms with Crippen LogP contribution in [0.1, 0.15) is 32.6 Å². The van der Waals surface area contributed by atoms with Crippen LogP contribution in [0, 0.1) is 5.92 Å². The summed E-state index contributed by atoms with van der Waals surface area (Å²) < 4.78 is 11.1. The van der Waals surface area contributed by atoms with Crippen molar-refractivity contribution in [2.45, 2.75) is 32.6 Å². The number of carbonyl (C=O) groups excluding carboxylic acids is 1. The van der Waals surface area contributed by atoms with Crippen LogP contribution in [0.5, 0.6) is 11.5 Å². The highest BCUT2D eigenvalue weighted by Crippen LogP contribution is 2.31. The van der Waals surface area contributed by atoms with Gasteiger partial charge in [-0.15, -0.1) is 0 Å². The number of carbonyl (C=O) groups is 1. The van der Waals surface area contributed by atoms with Gasteiger partial charge in [0.05, 0.1) is 13.2 Å². The number of hydrogen-bond acceptors (Lipinski definition) is 3. The van der Waals surface area contributed by atoms with Crippen molar-refractivity contribution in [1.29, 1.82) is 0 Å². The Hall–Kier alpha value is -1.51. The summed E-state index contributed by atoms with van der Waals surface area (Å²) in [6.07, 6.45) is 3.61. The number of hydrogen-bond donors (Lipinski definition) is 0. The Morgan fingerprint density at radius 2 is 1.89 bits per heavy atom. The Bertz CT molecular complexity index is 396. The molecule has 2 rings (SSSR count). The van der Waals surface area contributed by atoms with E-state index in [1.165, 1.54) is 0 Å². The molecular weight excluding hydrogens is 228 g/mol. The molecule has 1 saturated carbocycles. The van der Waals surface area contributed by atoms with Crippen LogP contribution in [0.2, 0.25) is 0 Å². The maximum absolute atomic E-state index is 11.5. The summed E-state index contributed by atoms with van der Waals surface area (Å²) in [4.78, 5) is 11.5. The molecular formula is C15H20O3. The van der Waals surface area contributed by atoms with Gasteiger partial charge in [0, 0.05) is 12.3 Å². The van der Waals surface area contributed by atoms with E-state index in [2.05, 4.69) is 0 Å². The summed E-state index contributed by atoms with van der Waals surface area (Å²) >= 11 is 0. The Morgan fingerprint density at radius 3 is 2.50 bits per heavy atom. The van der Waals surface area contributed by atoms with Crippen LogP contribution in [0.25, 0.3) is 0 Å². The SMILES string of the molecule is CCOc1ccccc1OCCCC(=O)C1CC1. The lowest BCUT2D eigenvalue weighted by Gasteiger charge is -2.11. The first-order chi connectivity index (χ1) is 8.81. The highest BCUT2D eigenvalue weighted by molar-refractivity contribution is 5.83. The first-order valence-electron chi connectivity index (χ1n) is 6.68. The van der Waals surface area contributed by atoms with E-state index in [9.17, 15) is 4.79 Å². The van der Waals surface area contributed by atoms with Gasteiger partial charge in [0.2, 0.25) is 0 Å². The maximum Gasteiger partial charge on any atom is 0.161 e. The van der Waals surface area contributed by atoms with Crippen LogP contribution >= 0.6 is 0 Å². The Labute approximate surface area is 108 Å². The van der Waals surface area contributed by atoms with Gasteiger partial charge in [-0.05, 0) is 38.3 Å². The van der Waals surface area contributed by atoms with E-state index in [1.807, 2.05) is 31.2 Å². The molecule has 1 fully saturated rings. The summed E-state index contributed by atoms with van der Waals surface area (Å²) in [5, 5.41) is 0. The fraction of sp³-hybridized carbons (Fsp3) is 0.533. The number of para-hydroxylation sites is 2. The molecule has 0 saturated heterocycles. The van der Waals surface area contributed by atoms with Crippen molar-refractivity contribution in [1.82, 2.24) is 0 Å². The lowest BCUT2D eigenvalue weighted by atomic mass is 10.1. The van der Waals surface area contributed by atoms with Crippen LogP contribution in [-0.4, -0.2) is 19.0 Å². The zero-order chi connectivity index (χ0) is 12.8. The van der Waals surface area contributed by atoms with Crippen molar-refractivity contribution in [3.8, 4) is 11.5 Å². The second-order valence-electron chi connectivity index (χ2n) is 4.57. The van der Waals surface area contributed by atoms with Crippen molar-refractivity contribution in [2.24, 2.45) is 5.92 Å². The van der Waals surface area contributed by atoms with E-state index in [1.54, 1.807) is 0 Å². The number of ketones is 1. The van der Waals surface area contributed by atoms with E-state index < -0.39 is 0 Å². The summed E-state index contributed by atoms with van der Waals surface area (Å²) in [6.45, 7) is 3.15. The van der Waals surface area contributed by atoms with Gasteiger partial charge in [-0.2, -0.15) is 0 Å². The van der Waals surface area contributed by atoms with Crippen LogP contribution in [0.4, 0.5) is 0 Å². The summed E-state index contributed by atoms with van der Waals surface area (Å²) in [5.74, 6) is 2.30. The Kier molecular flexibility index (Phi) is 4.62. The minimum atomic E-state index is 0.362. The Balaban J connectivity index is 1.73. The molecule has 0 aliphatic heterocycles. The fourth-order valence-corrected chi connectivity index (χ4v) is 1.88. The molecule has 3 nitrogen and oxygen atoms in total. The molecule has 1 aromatic carbocycles. The van der Waals surface area contributed by atoms with Crippen LogP contribution in [0.15, 0.2) is 24.3 Å². The highest BCUT2D eigenvalue weighted by atomic mass is 16.5. The third kappa shape index (κ3) is 3.76. The average molecular weight is 248 g/mol. The molecule has 3 heteroatoms. The molecule has 1 aliphatic rings. The topological polar surface area (TPSA) is 35.5 Å². The molecule has 0 atom stereocenters. The van der Waals surface area contributed by atoms with Crippen molar-refractivity contribution in [3.63, 3.8) is 0 Å². The number of rotatable bonds is 8. The van der Waals surface area contributed by atoms with Crippen LogP contribution in [0.3, 0.4) is 0 Å². The van der Waals surface area contributed by atoms with Crippen molar-refractivity contribution in [3.05, 3.63) is 24.3 Å². The molecule has 0 heterocycles. The van der Waals surface area contributed by atoms with E-state index in [4.69, 9.17) is 9.47 Å². The number of benzene rings is 1. The highest BCUT2D eigenvalue weighted by Gasteiger charge is 2.28.